The Hall–Kier alpha value is -1.44. The molecule has 0 unspecified atom stereocenters. The fourth-order valence-corrected chi connectivity index (χ4v) is 2.14. The molecule has 0 atom stereocenters. The number of carbonyl (C=O) groups is 1. The van der Waals surface area contributed by atoms with Crippen LogP contribution in [0.3, 0.4) is 0 Å². The summed E-state index contributed by atoms with van der Waals surface area (Å²) in [5.74, 6) is -0.121. The highest BCUT2D eigenvalue weighted by Gasteiger charge is 2.13. The molecule has 0 bridgehead atoms. The minimum atomic E-state index is -3.72. The van der Waals surface area contributed by atoms with Crippen molar-refractivity contribution in [2.24, 2.45) is 10.9 Å². The molecule has 0 spiro atoms. The van der Waals surface area contributed by atoms with E-state index < -0.39 is 10.0 Å². The molecule has 0 saturated carbocycles. The number of nitrogens with one attached hydrogen (secondary N) is 1. The van der Waals surface area contributed by atoms with Crippen LogP contribution < -0.4 is 16.2 Å². The highest BCUT2D eigenvalue weighted by atomic mass is 32.2. The third-order valence-corrected chi connectivity index (χ3v) is 3.62. The standard InChI is InChI=1S/C13H21N3O3S/c1-13(2,14)7-6-12(17)16-9-10-4-3-5-11(8-10)20(15,18)19/h3-5,8H,6-7,9,14H2,1-2H3,(H,16,17)(H2,15,18,19). The predicted molar refractivity (Wildman–Crippen MR) is 77.2 cm³/mol. The summed E-state index contributed by atoms with van der Waals surface area (Å²) in [5, 5.41) is 7.77. The van der Waals surface area contributed by atoms with Gasteiger partial charge in [-0.25, -0.2) is 13.6 Å². The summed E-state index contributed by atoms with van der Waals surface area (Å²) in [5.41, 5.74) is 6.09. The highest BCUT2D eigenvalue weighted by Crippen LogP contribution is 2.10. The topological polar surface area (TPSA) is 115 Å². The maximum Gasteiger partial charge on any atom is 0.238 e. The summed E-state index contributed by atoms with van der Waals surface area (Å²) in [6.45, 7) is 3.97. The van der Waals surface area contributed by atoms with Gasteiger partial charge < -0.3 is 11.1 Å². The van der Waals surface area contributed by atoms with Gasteiger partial charge in [-0.3, -0.25) is 4.79 Å². The Bertz CT molecular complexity index is 577. The molecule has 1 aromatic rings. The second-order valence-corrected chi connectivity index (χ2v) is 7.02. The number of amides is 1. The molecular formula is C13H21N3O3S. The molecule has 0 heterocycles. The summed E-state index contributed by atoms with van der Waals surface area (Å²) in [6.07, 6.45) is 0.911. The van der Waals surface area contributed by atoms with Crippen LogP contribution in [0.4, 0.5) is 0 Å². The zero-order valence-corrected chi connectivity index (χ0v) is 12.5. The van der Waals surface area contributed by atoms with Crippen LogP contribution in [0, 0.1) is 0 Å². The summed E-state index contributed by atoms with van der Waals surface area (Å²) in [4.78, 5) is 11.7. The van der Waals surface area contributed by atoms with Gasteiger partial charge >= 0.3 is 0 Å². The van der Waals surface area contributed by atoms with Crippen molar-refractivity contribution in [3.63, 3.8) is 0 Å². The molecule has 20 heavy (non-hydrogen) atoms. The molecule has 1 rings (SSSR count). The lowest BCUT2D eigenvalue weighted by atomic mass is 10.00. The van der Waals surface area contributed by atoms with Crippen LogP contribution in [0.1, 0.15) is 32.3 Å². The minimum absolute atomic E-state index is 0.0346. The average molecular weight is 299 g/mol. The van der Waals surface area contributed by atoms with Crippen molar-refractivity contribution >= 4 is 15.9 Å². The van der Waals surface area contributed by atoms with Crippen molar-refractivity contribution in [1.82, 2.24) is 5.32 Å². The SMILES string of the molecule is CC(C)(N)CCC(=O)NCc1cccc(S(N)(=O)=O)c1. The Morgan fingerprint density at radius 3 is 2.55 bits per heavy atom. The molecule has 0 saturated heterocycles. The molecule has 0 aromatic heterocycles. The van der Waals surface area contributed by atoms with Crippen LogP contribution in [0.2, 0.25) is 0 Å². The largest absolute Gasteiger partial charge is 0.352 e. The Morgan fingerprint density at radius 2 is 2.00 bits per heavy atom. The molecule has 0 aliphatic rings. The van der Waals surface area contributed by atoms with Gasteiger partial charge in [0.25, 0.3) is 0 Å². The van der Waals surface area contributed by atoms with Gasteiger partial charge in [-0.1, -0.05) is 12.1 Å². The first-order valence-electron chi connectivity index (χ1n) is 6.25. The van der Waals surface area contributed by atoms with Gasteiger partial charge in [0.1, 0.15) is 0 Å². The maximum atomic E-state index is 11.6. The van der Waals surface area contributed by atoms with Gasteiger partial charge in [0, 0.05) is 18.5 Å². The number of primary sulfonamides is 1. The summed E-state index contributed by atoms with van der Waals surface area (Å²) >= 11 is 0. The van der Waals surface area contributed by atoms with Crippen LogP contribution in [0.5, 0.6) is 0 Å². The first-order chi connectivity index (χ1) is 9.08. The van der Waals surface area contributed by atoms with E-state index in [0.717, 1.165) is 0 Å². The molecule has 0 aliphatic carbocycles. The van der Waals surface area contributed by atoms with Gasteiger partial charge in [0.05, 0.1) is 4.90 Å². The van der Waals surface area contributed by atoms with E-state index in [-0.39, 0.29) is 22.9 Å². The van der Waals surface area contributed by atoms with Crippen LogP contribution in [0.25, 0.3) is 0 Å². The van der Waals surface area contributed by atoms with Crippen molar-refractivity contribution in [1.29, 1.82) is 0 Å². The number of carbonyl (C=O) groups excluding carboxylic acids is 1. The van der Waals surface area contributed by atoms with Gasteiger partial charge in [-0.2, -0.15) is 0 Å². The van der Waals surface area contributed by atoms with Crippen LogP contribution in [0.15, 0.2) is 29.2 Å². The highest BCUT2D eigenvalue weighted by molar-refractivity contribution is 7.89. The van der Waals surface area contributed by atoms with E-state index in [4.69, 9.17) is 10.9 Å². The van der Waals surface area contributed by atoms with Crippen LogP contribution in [-0.2, 0) is 21.4 Å². The summed E-state index contributed by atoms with van der Waals surface area (Å²) in [7, 11) is -3.72. The normalized spacial score (nSPS) is 12.2. The predicted octanol–water partition coefficient (Wildman–Crippen LogP) is 0.468. The van der Waals surface area contributed by atoms with E-state index in [0.29, 0.717) is 18.4 Å². The summed E-state index contributed by atoms with van der Waals surface area (Å²) in [6, 6.07) is 6.17. The van der Waals surface area contributed by atoms with Crippen molar-refractivity contribution in [2.75, 3.05) is 0 Å². The first-order valence-corrected chi connectivity index (χ1v) is 7.80. The average Bonchev–Trinajstić information content (AvgIpc) is 2.32. The lowest BCUT2D eigenvalue weighted by Crippen LogP contribution is -2.34. The minimum Gasteiger partial charge on any atom is -0.352 e. The molecule has 7 heteroatoms. The van der Waals surface area contributed by atoms with Crippen molar-refractivity contribution in [3.05, 3.63) is 29.8 Å². The molecule has 1 amide bonds. The van der Waals surface area contributed by atoms with Crippen molar-refractivity contribution < 1.29 is 13.2 Å². The lowest BCUT2D eigenvalue weighted by Gasteiger charge is -2.17. The van der Waals surface area contributed by atoms with E-state index in [9.17, 15) is 13.2 Å². The quantitative estimate of drug-likeness (QED) is 0.708. The Balaban J connectivity index is 2.56. The van der Waals surface area contributed by atoms with Gasteiger partial charge in [0.2, 0.25) is 15.9 Å². The zero-order valence-electron chi connectivity index (χ0n) is 11.7. The van der Waals surface area contributed by atoms with E-state index in [2.05, 4.69) is 5.32 Å². The van der Waals surface area contributed by atoms with Gasteiger partial charge in [-0.15, -0.1) is 0 Å². The third kappa shape index (κ3) is 6.14. The molecule has 5 N–H and O–H groups in total. The number of rotatable bonds is 6. The van der Waals surface area contributed by atoms with E-state index in [1.54, 1.807) is 12.1 Å². The number of sulfonamides is 1. The third-order valence-electron chi connectivity index (χ3n) is 2.71. The Labute approximate surface area is 119 Å². The summed E-state index contributed by atoms with van der Waals surface area (Å²) < 4.78 is 22.4. The van der Waals surface area contributed by atoms with Gasteiger partial charge in [-0.05, 0) is 38.0 Å². The van der Waals surface area contributed by atoms with Crippen molar-refractivity contribution in [3.8, 4) is 0 Å². The Morgan fingerprint density at radius 1 is 1.35 bits per heavy atom. The smallest absolute Gasteiger partial charge is 0.238 e. The van der Waals surface area contributed by atoms with Crippen molar-refractivity contribution in [2.45, 2.75) is 43.7 Å². The molecular weight excluding hydrogens is 278 g/mol. The monoisotopic (exact) mass is 299 g/mol. The number of hydrogen-bond donors (Lipinski definition) is 3. The molecule has 0 radical (unpaired) electrons. The number of nitrogens with two attached hydrogens (primary N) is 2. The molecule has 0 fully saturated rings. The number of benzene rings is 1. The second kappa shape index (κ2) is 6.34. The fraction of sp³-hybridized carbons (Fsp3) is 0.462. The van der Waals surface area contributed by atoms with E-state index >= 15 is 0 Å². The first kappa shape index (κ1) is 16.6. The molecule has 0 aliphatic heterocycles. The second-order valence-electron chi connectivity index (χ2n) is 5.46. The maximum absolute atomic E-state index is 11.6. The van der Waals surface area contributed by atoms with E-state index in [1.807, 2.05) is 13.8 Å². The number of hydrogen-bond acceptors (Lipinski definition) is 4. The fourth-order valence-electron chi connectivity index (χ4n) is 1.56. The molecule has 1 aromatic carbocycles. The van der Waals surface area contributed by atoms with Gasteiger partial charge in [0.15, 0.2) is 0 Å². The molecule has 112 valence electrons. The van der Waals surface area contributed by atoms with E-state index in [1.165, 1.54) is 12.1 Å². The van der Waals surface area contributed by atoms with Crippen LogP contribution in [-0.4, -0.2) is 19.9 Å². The zero-order chi connectivity index (χ0) is 15.4. The lowest BCUT2D eigenvalue weighted by molar-refractivity contribution is -0.121. The molecule has 6 nitrogen and oxygen atoms in total. The Kier molecular flexibility index (Phi) is 5.27. The van der Waals surface area contributed by atoms with Crippen LogP contribution >= 0.6 is 0 Å².